The van der Waals surface area contributed by atoms with Crippen molar-refractivity contribution in [1.82, 2.24) is 0 Å². The van der Waals surface area contributed by atoms with Gasteiger partial charge in [-0.3, -0.25) is 9.59 Å². The van der Waals surface area contributed by atoms with Crippen molar-refractivity contribution in [2.75, 3.05) is 13.2 Å². The molecule has 1 atom stereocenters. The Morgan fingerprint density at radius 2 is 0.348 bits per heavy atom. The zero-order valence-corrected chi connectivity index (χ0v) is 61.5. The number of hydrogen-bond acceptors (Lipinski definition) is 5. The smallest absolute Gasteiger partial charge is 0.306 e. The zero-order valence-electron chi connectivity index (χ0n) is 61.5. The molecule has 0 bridgehead atoms. The van der Waals surface area contributed by atoms with Gasteiger partial charge < -0.3 is 14.6 Å². The van der Waals surface area contributed by atoms with E-state index in [4.69, 9.17) is 9.47 Å². The minimum Gasteiger partial charge on any atom is -0.462 e. The summed E-state index contributed by atoms with van der Waals surface area (Å²) in [7, 11) is 0. The molecular weight excluding hydrogens is 1090 g/mol. The van der Waals surface area contributed by atoms with Gasteiger partial charge in [0.2, 0.25) is 0 Å². The maximum atomic E-state index is 12.4. The Bertz CT molecular complexity index is 1280. The fraction of sp³-hybridized carbons (Fsp3) is 0.976. The quantitative estimate of drug-likeness (QED) is 0.0485. The van der Waals surface area contributed by atoms with Crippen molar-refractivity contribution in [2.24, 2.45) is 0 Å². The Balaban J connectivity index is 3.32. The molecule has 1 N–H and O–H groups in total. The van der Waals surface area contributed by atoms with E-state index in [2.05, 4.69) is 13.8 Å². The molecule has 0 saturated heterocycles. The molecule has 89 heavy (non-hydrogen) atoms. The number of esters is 2. The largest absolute Gasteiger partial charge is 0.462 e. The summed E-state index contributed by atoms with van der Waals surface area (Å²) in [5.74, 6) is -0.555. The van der Waals surface area contributed by atoms with Gasteiger partial charge in [0.1, 0.15) is 6.61 Å². The minimum atomic E-state index is -0.767. The van der Waals surface area contributed by atoms with Crippen molar-refractivity contribution in [3.8, 4) is 0 Å². The lowest BCUT2D eigenvalue weighted by atomic mass is 10.0. The highest BCUT2D eigenvalue weighted by atomic mass is 16.6. The second kappa shape index (κ2) is 81.1. The Morgan fingerprint density at radius 1 is 0.213 bits per heavy atom. The molecule has 0 amide bonds. The van der Waals surface area contributed by atoms with Gasteiger partial charge in [-0.25, -0.2) is 0 Å². The van der Waals surface area contributed by atoms with E-state index in [1.807, 2.05) is 0 Å². The van der Waals surface area contributed by atoms with Gasteiger partial charge in [-0.2, -0.15) is 0 Å². The van der Waals surface area contributed by atoms with Gasteiger partial charge in [-0.15, -0.1) is 0 Å². The molecular formula is C84H166O5. The van der Waals surface area contributed by atoms with Crippen molar-refractivity contribution in [3.05, 3.63) is 0 Å². The standard InChI is InChI=1S/C84H166O5/c1-3-5-7-9-11-13-15-17-19-21-23-25-27-29-31-33-35-37-39-40-41-42-43-44-45-47-49-51-53-55-57-59-61-63-65-67-69-71-73-75-77-79-84(87)89-82(80-85)81-88-83(86)78-76-74-72-70-68-66-64-62-60-58-56-54-52-50-48-46-38-36-34-32-30-28-26-24-22-20-18-16-14-12-10-8-6-4-2/h82,85H,3-81H2,1-2H3. The van der Waals surface area contributed by atoms with E-state index < -0.39 is 6.10 Å². The zero-order chi connectivity index (χ0) is 64.0. The van der Waals surface area contributed by atoms with Crippen LogP contribution >= 0.6 is 0 Å². The van der Waals surface area contributed by atoms with Crippen molar-refractivity contribution in [2.45, 2.75) is 514 Å². The topological polar surface area (TPSA) is 72.8 Å². The lowest BCUT2D eigenvalue weighted by Gasteiger charge is -2.15. The number of carbonyl (C=O) groups is 2. The fourth-order valence-corrected chi connectivity index (χ4v) is 13.9. The van der Waals surface area contributed by atoms with E-state index in [0.717, 1.165) is 32.1 Å². The lowest BCUT2D eigenvalue weighted by Crippen LogP contribution is -2.28. The van der Waals surface area contributed by atoms with Gasteiger partial charge >= 0.3 is 11.9 Å². The second-order valence-corrected chi connectivity index (χ2v) is 29.3. The third kappa shape index (κ3) is 79.3. The normalized spacial score (nSPS) is 12.0. The Hall–Kier alpha value is -1.10. The number of hydrogen-bond donors (Lipinski definition) is 1. The molecule has 1 unspecified atom stereocenters. The van der Waals surface area contributed by atoms with Crippen molar-refractivity contribution >= 4 is 11.9 Å². The summed E-state index contributed by atoms with van der Waals surface area (Å²) in [5, 5.41) is 9.73. The summed E-state index contributed by atoms with van der Waals surface area (Å²) in [6.07, 6.45) is 105. The molecule has 0 aromatic carbocycles. The monoisotopic (exact) mass is 1260 g/mol. The first kappa shape index (κ1) is 87.9. The number of ether oxygens (including phenoxy) is 2. The van der Waals surface area contributed by atoms with Crippen LogP contribution in [0.25, 0.3) is 0 Å². The molecule has 0 fully saturated rings. The Labute approximate surface area is 560 Å². The van der Waals surface area contributed by atoms with E-state index in [-0.39, 0.29) is 25.2 Å². The van der Waals surface area contributed by atoms with Crippen molar-refractivity contribution < 1.29 is 24.2 Å². The van der Waals surface area contributed by atoms with Crippen LogP contribution in [0.1, 0.15) is 508 Å². The van der Waals surface area contributed by atoms with Crippen LogP contribution < -0.4 is 0 Å². The molecule has 0 radical (unpaired) electrons. The van der Waals surface area contributed by atoms with E-state index in [0.29, 0.717) is 12.8 Å². The highest BCUT2D eigenvalue weighted by molar-refractivity contribution is 5.70. The summed E-state index contributed by atoms with van der Waals surface area (Å²) in [6.45, 7) is 4.24. The predicted octanol–water partition coefficient (Wildman–Crippen LogP) is 29.5. The third-order valence-electron chi connectivity index (χ3n) is 20.2. The second-order valence-electron chi connectivity index (χ2n) is 29.3. The average molecular weight is 1260 g/mol. The van der Waals surface area contributed by atoms with E-state index in [1.165, 1.54) is 449 Å². The predicted molar refractivity (Wildman–Crippen MR) is 395 cm³/mol. The van der Waals surface area contributed by atoms with Gasteiger partial charge in [0.25, 0.3) is 0 Å². The molecule has 0 aromatic heterocycles. The van der Waals surface area contributed by atoms with Crippen LogP contribution in [0, 0.1) is 0 Å². The third-order valence-corrected chi connectivity index (χ3v) is 20.2. The summed E-state index contributed by atoms with van der Waals surface area (Å²) in [6, 6.07) is 0. The summed E-state index contributed by atoms with van der Waals surface area (Å²) in [4.78, 5) is 24.7. The molecule has 0 saturated carbocycles. The first-order chi connectivity index (χ1) is 44.1. The highest BCUT2D eigenvalue weighted by Crippen LogP contribution is 2.21. The molecule has 532 valence electrons. The van der Waals surface area contributed by atoms with Crippen LogP contribution in [0.3, 0.4) is 0 Å². The maximum Gasteiger partial charge on any atom is 0.306 e. The number of rotatable bonds is 81. The first-order valence-electron chi connectivity index (χ1n) is 42.1. The molecule has 0 aliphatic heterocycles. The first-order valence-corrected chi connectivity index (χ1v) is 42.1. The minimum absolute atomic E-state index is 0.0550. The van der Waals surface area contributed by atoms with Gasteiger partial charge in [-0.1, -0.05) is 483 Å². The molecule has 0 heterocycles. The molecule has 0 aliphatic rings. The summed E-state index contributed by atoms with van der Waals surface area (Å²) in [5.41, 5.74) is 0. The van der Waals surface area contributed by atoms with Gasteiger partial charge in [0.05, 0.1) is 6.61 Å². The number of aliphatic hydroxyl groups excluding tert-OH is 1. The molecule has 5 nitrogen and oxygen atoms in total. The van der Waals surface area contributed by atoms with E-state index in [9.17, 15) is 14.7 Å². The van der Waals surface area contributed by atoms with Crippen LogP contribution in [0.4, 0.5) is 0 Å². The number of carbonyl (C=O) groups excluding carboxylic acids is 2. The maximum absolute atomic E-state index is 12.4. The molecule has 0 aliphatic carbocycles. The van der Waals surface area contributed by atoms with Crippen LogP contribution in [-0.2, 0) is 19.1 Å². The van der Waals surface area contributed by atoms with Crippen LogP contribution in [0.2, 0.25) is 0 Å². The van der Waals surface area contributed by atoms with Gasteiger partial charge in [-0.05, 0) is 12.8 Å². The average Bonchev–Trinajstić information content (AvgIpc) is 3.55. The Morgan fingerprint density at radius 3 is 0.494 bits per heavy atom. The number of aliphatic hydroxyl groups is 1. The van der Waals surface area contributed by atoms with Crippen molar-refractivity contribution in [1.29, 1.82) is 0 Å². The summed E-state index contributed by atoms with van der Waals surface area (Å²) >= 11 is 0. The van der Waals surface area contributed by atoms with Crippen LogP contribution in [0.5, 0.6) is 0 Å². The van der Waals surface area contributed by atoms with E-state index in [1.54, 1.807) is 0 Å². The van der Waals surface area contributed by atoms with E-state index >= 15 is 0 Å². The lowest BCUT2D eigenvalue weighted by molar-refractivity contribution is -0.161. The molecule has 5 heteroatoms. The number of unbranched alkanes of at least 4 members (excludes halogenated alkanes) is 73. The van der Waals surface area contributed by atoms with Gasteiger partial charge in [0, 0.05) is 12.8 Å². The molecule has 0 spiro atoms. The highest BCUT2D eigenvalue weighted by Gasteiger charge is 2.16. The van der Waals surface area contributed by atoms with Crippen molar-refractivity contribution in [3.63, 3.8) is 0 Å². The van der Waals surface area contributed by atoms with Crippen LogP contribution in [0.15, 0.2) is 0 Å². The van der Waals surface area contributed by atoms with Gasteiger partial charge in [0.15, 0.2) is 6.10 Å². The molecule has 0 aromatic rings. The molecule has 0 rings (SSSR count). The SMILES string of the molecule is CCCCCCCCCCCCCCCCCCCCCCCCCCCCCCCCCCCCCCCCCCCC(=O)OC(CO)COC(=O)CCCCCCCCCCCCCCCCCCCCCCCCCCCCCCCCCCCC. The Kier molecular flexibility index (Phi) is 80.1. The fourth-order valence-electron chi connectivity index (χ4n) is 13.9. The van der Waals surface area contributed by atoms with Crippen LogP contribution in [-0.4, -0.2) is 36.4 Å². The summed E-state index contributed by atoms with van der Waals surface area (Å²) < 4.78 is 10.8.